The van der Waals surface area contributed by atoms with Crippen LogP contribution in [0.3, 0.4) is 0 Å². The molecule has 0 unspecified atom stereocenters. The number of carbonyl (C=O) groups is 3. The van der Waals surface area contributed by atoms with E-state index in [4.69, 9.17) is 15.3 Å². The van der Waals surface area contributed by atoms with Crippen LogP contribution >= 0.6 is 0 Å². The number of aliphatic hydroxyl groups excluding tert-OH is 1. The third-order valence-electron chi connectivity index (χ3n) is 2.73. The fourth-order valence-electron chi connectivity index (χ4n) is 1.62. The predicted octanol–water partition coefficient (Wildman–Crippen LogP) is 0.108. The monoisotopic (exact) mass is 290 g/mol. The molecule has 0 saturated heterocycles. The average molecular weight is 290 g/mol. The average Bonchev–Trinajstić information content (AvgIpc) is 2.37. The van der Waals surface area contributed by atoms with Gasteiger partial charge in [-0.1, -0.05) is 0 Å². The molecule has 0 aliphatic heterocycles. The summed E-state index contributed by atoms with van der Waals surface area (Å²) in [5.74, 6) is -2.19. The van der Waals surface area contributed by atoms with Crippen molar-refractivity contribution in [1.29, 1.82) is 0 Å². The molecule has 0 saturated carbocycles. The number of nitrogens with one attached hydrogen (secondary N) is 1. The summed E-state index contributed by atoms with van der Waals surface area (Å²) in [4.78, 5) is 34.6. The number of carboxylic acids is 2. The van der Waals surface area contributed by atoms with Crippen LogP contribution in [0.15, 0.2) is 0 Å². The van der Waals surface area contributed by atoms with Crippen molar-refractivity contribution in [3.8, 4) is 0 Å². The minimum Gasteiger partial charge on any atom is -0.481 e. The van der Waals surface area contributed by atoms with Gasteiger partial charge >= 0.3 is 18.0 Å². The highest BCUT2D eigenvalue weighted by Crippen LogP contribution is 2.03. The van der Waals surface area contributed by atoms with Gasteiger partial charge in [-0.05, 0) is 26.2 Å². The van der Waals surface area contributed by atoms with Gasteiger partial charge in [0.15, 0.2) is 0 Å². The zero-order chi connectivity index (χ0) is 15.5. The lowest BCUT2D eigenvalue weighted by molar-refractivity contribution is -0.140. The summed E-state index contributed by atoms with van der Waals surface area (Å²) in [5.41, 5.74) is 0. The second kappa shape index (κ2) is 10.0. The van der Waals surface area contributed by atoms with Crippen molar-refractivity contribution in [2.75, 3.05) is 19.7 Å². The number of aliphatic hydroxyl groups is 1. The van der Waals surface area contributed by atoms with E-state index >= 15 is 0 Å². The van der Waals surface area contributed by atoms with Crippen molar-refractivity contribution in [3.63, 3.8) is 0 Å². The first kappa shape index (κ1) is 18.2. The van der Waals surface area contributed by atoms with E-state index in [1.807, 2.05) is 0 Å². The molecule has 0 aromatic rings. The topological polar surface area (TPSA) is 127 Å². The summed E-state index contributed by atoms with van der Waals surface area (Å²) in [5, 5.41) is 28.6. The van der Waals surface area contributed by atoms with Gasteiger partial charge < -0.3 is 25.5 Å². The van der Waals surface area contributed by atoms with Crippen molar-refractivity contribution >= 4 is 18.0 Å². The molecule has 116 valence electrons. The smallest absolute Gasteiger partial charge is 0.326 e. The molecule has 0 aromatic carbocycles. The minimum absolute atomic E-state index is 0.0508. The zero-order valence-electron chi connectivity index (χ0n) is 11.5. The van der Waals surface area contributed by atoms with E-state index in [9.17, 15) is 14.4 Å². The Bertz CT molecular complexity index is 334. The van der Waals surface area contributed by atoms with Gasteiger partial charge in [0.25, 0.3) is 0 Å². The van der Waals surface area contributed by atoms with Gasteiger partial charge in [-0.3, -0.25) is 4.79 Å². The van der Waals surface area contributed by atoms with Crippen molar-refractivity contribution in [3.05, 3.63) is 0 Å². The summed E-state index contributed by atoms with van der Waals surface area (Å²) in [6.07, 6.45) is 0.514. The molecular weight excluding hydrogens is 268 g/mol. The Morgan fingerprint density at radius 3 is 2.30 bits per heavy atom. The van der Waals surface area contributed by atoms with Crippen LogP contribution < -0.4 is 5.32 Å². The predicted molar refractivity (Wildman–Crippen MR) is 70.4 cm³/mol. The Balaban J connectivity index is 4.37. The summed E-state index contributed by atoms with van der Waals surface area (Å²) < 4.78 is 0. The second-order valence-corrected chi connectivity index (χ2v) is 4.28. The molecule has 0 aliphatic rings. The molecule has 0 heterocycles. The number of amides is 2. The Labute approximate surface area is 117 Å². The summed E-state index contributed by atoms with van der Waals surface area (Å²) in [6.45, 7) is 2.43. The third-order valence-corrected chi connectivity index (χ3v) is 2.73. The number of nitrogens with zero attached hydrogens (tertiary/aromatic N) is 1. The highest BCUT2D eigenvalue weighted by molar-refractivity contribution is 5.82. The number of urea groups is 1. The SMILES string of the molecule is CCN(CCCO)C(=O)N[C@H](CCCC(=O)O)C(=O)O. The number of hydrogen-bond acceptors (Lipinski definition) is 4. The Morgan fingerprint density at radius 1 is 1.20 bits per heavy atom. The molecule has 0 fully saturated rings. The highest BCUT2D eigenvalue weighted by Gasteiger charge is 2.22. The number of carboxylic acid groups (broad SMARTS) is 2. The van der Waals surface area contributed by atoms with E-state index in [0.29, 0.717) is 19.5 Å². The van der Waals surface area contributed by atoms with Gasteiger partial charge in [-0.25, -0.2) is 9.59 Å². The van der Waals surface area contributed by atoms with Crippen LogP contribution in [0.4, 0.5) is 4.79 Å². The zero-order valence-corrected chi connectivity index (χ0v) is 11.5. The van der Waals surface area contributed by atoms with E-state index < -0.39 is 24.0 Å². The summed E-state index contributed by atoms with van der Waals surface area (Å²) in [6, 6.07) is -1.63. The van der Waals surface area contributed by atoms with Crippen LogP contribution in [0.25, 0.3) is 0 Å². The lowest BCUT2D eigenvalue weighted by atomic mass is 10.1. The quantitative estimate of drug-likeness (QED) is 0.452. The maximum Gasteiger partial charge on any atom is 0.326 e. The third kappa shape index (κ3) is 7.57. The van der Waals surface area contributed by atoms with Crippen molar-refractivity contribution in [1.82, 2.24) is 10.2 Å². The van der Waals surface area contributed by atoms with Crippen LogP contribution in [-0.2, 0) is 9.59 Å². The number of rotatable bonds is 10. The van der Waals surface area contributed by atoms with Crippen LogP contribution in [0.2, 0.25) is 0 Å². The molecule has 0 aromatic heterocycles. The first-order valence-electron chi connectivity index (χ1n) is 6.53. The molecule has 2 amide bonds. The van der Waals surface area contributed by atoms with E-state index in [0.717, 1.165) is 0 Å². The molecule has 0 bridgehead atoms. The lowest BCUT2D eigenvalue weighted by Gasteiger charge is -2.23. The molecule has 0 aliphatic carbocycles. The maximum atomic E-state index is 11.8. The van der Waals surface area contributed by atoms with Crippen LogP contribution in [0.1, 0.15) is 32.6 Å². The maximum absolute atomic E-state index is 11.8. The van der Waals surface area contributed by atoms with Crippen LogP contribution in [0, 0.1) is 0 Å². The fourth-order valence-corrected chi connectivity index (χ4v) is 1.62. The molecule has 0 rings (SSSR count). The molecule has 1 atom stereocenters. The fraction of sp³-hybridized carbons (Fsp3) is 0.750. The molecular formula is C12H22N2O6. The largest absolute Gasteiger partial charge is 0.481 e. The second-order valence-electron chi connectivity index (χ2n) is 4.28. The molecule has 8 nitrogen and oxygen atoms in total. The van der Waals surface area contributed by atoms with Gasteiger partial charge in [0.05, 0.1) is 0 Å². The molecule has 4 N–H and O–H groups in total. The van der Waals surface area contributed by atoms with Gasteiger partial charge in [0, 0.05) is 26.1 Å². The number of hydrogen-bond donors (Lipinski definition) is 4. The minimum atomic E-state index is -1.19. The highest BCUT2D eigenvalue weighted by atomic mass is 16.4. The normalized spacial score (nSPS) is 11.7. The molecule has 20 heavy (non-hydrogen) atoms. The molecule has 8 heteroatoms. The number of aliphatic carboxylic acids is 2. The molecule has 0 radical (unpaired) electrons. The van der Waals surface area contributed by atoms with Crippen molar-refractivity contribution in [2.24, 2.45) is 0 Å². The first-order chi connectivity index (χ1) is 9.42. The first-order valence-corrected chi connectivity index (χ1v) is 6.53. The van der Waals surface area contributed by atoms with E-state index in [-0.39, 0.29) is 25.9 Å². The standard InChI is InChI=1S/C12H22N2O6/c1-2-14(7-4-8-15)12(20)13-9(11(18)19)5-3-6-10(16)17/h9,15H,2-8H2,1H3,(H,13,20)(H,16,17)(H,18,19)/t9-/m1/s1. The summed E-state index contributed by atoms with van der Waals surface area (Å²) in [7, 11) is 0. The van der Waals surface area contributed by atoms with Crippen molar-refractivity contribution < 1.29 is 29.7 Å². The van der Waals surface area contributed by atoms with Gasteiger partial charge in [0.2, 0.25) is 0 Å². The van der Waals surface area contributed by atoms with E-state index in [2.05, 4.69) is 5.32 Å². The van der Waals surface area contributed by atoms with Crippen LogP contribution in [-0.4, -0.2) is 63.9 Å². The Kier molecular flexibility index (Phi) is 9.10. The van der Waals surface area contributed by atoms with Crippen molar-refractivity contribution in [2.45, 2.75) is 38.6 Å². The number of carbonyl (C=O) groups excluding carboxylic acids is 1. The summed E-state index contributed by atoms with van der Waals surface area (Å²) >= 11 is 0. The Morgan fingerprint density at radius 2 is 1.85 bits per heavy atom. The lowest BCUT2D eigenvalue weighted by Crippen LogP contribution is -2.48. The van der Waals surface area contributed by atoms with Gasteiger partial charge in [0.1, 0.15) is 6.04 Å². The van der Waals surface area contributed by atoms with E-state index in [1.165, 1.54) is 4.90 Å². The molecule has 0 spiro atoms. The van der Waals surface area contributed by atoms with Gasteiger partial charge in [-0.2, -0.15) is 0 Å². The Hall–Kier alpha value is -1.83. The van der Waals surface area contributed by atoms with Gasteiger partial charge in [-0.15, -0.1) is 0 Å². The van der Waals surface area contributed by atoms with E-state index in [1.54, 1.807) is 6.92 Å². The van der Waals surface area contributed by atoms with Crippen LogP contribution in [0.5, 0.6) is 0 Å².